The molecule has 2 atom stereocenters. The number of nitrogens with one attached hydrogen (secondary N) is 1. The number of Topliss-reactive ketones (excluding diaryl/α,β-unsaturated/α-hetero) is 1. The molecule has 0 unspecified atom stereocenters. The molecule has 1 aromatic rings. The Morgan fingerprint density at radius 1 is 1.38 bits per heavy atom. The molecule has 2 N–H and O–H groups in total. The van der Waals surface area contributed by atoms with Crippen LogP contribution in [0.15, 0.2) is 18.2 Å². The number of halogens is 3. The van der Waals surface area contributed by atoms with Crippen LogP contribution in [0, 0.1) is 5.82 Å². The summed E-state index contributed by atoms with van der Waals surface area (Å²) in [4.78, 5) is 36.2. The van der Waals surface area contributed by atoms with Crippen molar-refractivity contribution >= 4 is 45.3 Å². The van der Waals surface area contributed by atoms with E-state index in [1.54, 1.807) is 0 Å². The van der Waals surface area contributed by atoms with Gasteiger partial charge in [-0.05, 0) is 25.0 Å². The summed E-state index contributed by atoms with van der Waals surface area (Å²) in [6.07, 6.45) is -0.421. The third-order valence-corrected chi connectivity index (χ3v) is 4.82. The van der Waals surface area contributed by atoms with E-state index in [2.05, 4.69) is 21.2 Å². The quantitative estimate of drug-likeness (QED) is 0.648. The minimum absolute atomic E-state index is 0.0139. The largest absolute Gasteiger partial charge is 0.484 e. The first-order chi connectivity index (χ1) is 12.3. The number of ether oxygens (including phenoxy) is 1. The number of carbonyl (C=O) groups is 3. The van der Waals surface area contributed by atoms with Gasteiger partial charge in [-0.25, -0.2) is 9.18 Å². The van der Waals surface area contributed by atoms with Gasteiger partial charge in [0.25, 0.3) is 5.91 Å². The Kier molecular flexibility index (Phi) is 7.22. The first-order valence-corrected chi connectivity index (χ1v) is 9.27. The highest BCUT2D eigenvalue weighted by Gasteiger charge is 2.35. The van der Waals surface area contributed by atoms with Gasteiger partial charge in [0.2, 0.25) is 0 Å². The van der Waals surface area contributed by atoms with Crippen LogP contribution in [0.4, 0.5) is 9.18 Å². The van der Waals surface area contributed by atoms with Gasteiger partial charge in [0.05, 0.1) is 16.4 Å². The minimum Gasteiger partial charge on any atom is -0.484 e. The summed E-state index contributed by atoms with van der Waals surface area (Å²) < 4.78 is 18.5. The van der Waals surface area contributed by atoms with Gasteiger partial charge in [0.15, 0.2) is 12.4 Å². The fraction of sp³-hybridized carbons (Fsp3) is 0.438. The number of likely N-dealkylation sites (tertiary alicyclic amines) is 1. The number of hydrogen-bond donors (Lipinski definition) is 2. The summed E-state index contributed by atoms with van der Waals surface area (Å²) in [5, 5.41) is 12.0. The molecule has 2 rings (SSSR count). The Bertz CT molecular complexity index is 705. The summed E-state index contributed by atoms with van der Waals surface area (Å²) in [6, 6.07) is 2.68. The number of piperidine rings is 1. The molecular formula is C16H17BrClFN2O5. The average Bonchev–Trinajstić information content (AvgIpc) is 2.62. The van der Waals surface area contributed by atoms with Crippen LogP contribution in [0.1, 0.15) is 12.8 Å². The van der Waals surface area contributed by atoms with E-state index in [4.69, 9.17) is 16.3 Å². The lowest BCUT2D eigenvalue weighted by Gasteiger charge is -2.37. The number of benzene rings is 1. The predicted octanol–water partition coefficient (Wildman–Crippen LogP) is 2.45. The molecule has 0 saturated carbocycles. The molecule has 0 bridgehead atoms. The van der Waals surface area contributed by atoms with Gasteiger partial charge in [-0.2, -0.15) is 0 Å². The topological polar surface area (TPSA) is 95.9 Å². The standard InChI is InChI=1S/C16H17BrClFN2O5/c17-6-14(22)13-4-1-9(7-21(13)16(24)25)20-15(23)8-26-10-2-3-11(18)12(19)5-10/h2-3,5,9,13H,1,4,6-8H2,(H,20,23)(H,24,25)/t9-,13+/m0/s1. The van der Waals surface area contributed by atoms with Crippen LogP contribution in [-0.4, -0.2) is 58.4 Å². The van der Waals surface area contributed by atoms with Crippen molar-refractivity contribution in [3.63, 3.8) is 0 Å². The normalized spacial score (nSPS) is 19.7. The number of hydrogen-bond acceptors (Lipinski definition) is 4. The molecule has 0 aliphatic carbocycles. The molecule has 26 heavy (non-hydrogen) atoms. The van der Waals surface area contributed by atoms with Gasteiger partial charge in [0.1, 0.15) is 11.6 Å². The third kappa shape index (κ3) is 5.31. The van der Waals surface area contributed by atoms with Crippen molar-refractivity contribution < 1.29 is 28.6 Å². The highest BCUT2D eigenvalue weighted by molar-refractivity contribution is 9.09. The maximum Gasteiger partial charge on any atom is 0.407 e. The van der Waals surface area contributed by atoms with Crippen LogP contribution in [0.25, 0.3) is 0 Å². The molecule has 1 aromatic carbocycles. The first kappa shape index (κ1) is 20.4. The van der Waals surface area contributed by atoms with Crippen molar-refractivity contribution in [2.45, 2.75) is 24.9 Å². The molecule has 0 radical (unpaired) electrons. The Labute approximate surface area is 162 Å². The smallest absolute Gasteiger partial charge is 0.407 e. The molecule has 1 saturated heterocycles. The predicted molar refractivity (Wildman–Crippen MR) is 95.4 cm³/mol. The summed E-state index contributed by atoms with van der Waals surface area (Å²) in [6.45, 7) is -0.339. The molecule has 1 aliphatic rings. The maximum atomic E-state index is 13.3. The monoisotopic (exact) mass is 450 g/mol. The van der Waals surface area contributed by atoms with Crippen LogP contribution in [0.5, 0.6) is 5.75 Å². The van der Waals surface area contributed by atoms with Crippen LogP contribution in [0.2, 0.25) is 5.02 Å². The van der Waals surface area contributed by atoms with E-state index in [1.165, 1.54) is 12.1 Å². The number of carbonyl (C=O) groups excluding carboxylic acids is 2. The number of alkyl halides is 1. The van der Waals surface area contributed by atoms with Crippen molar-refractivity contribution in [1.29, 1.82) is 0 Å². The fourth-order valence-electron chi connectivity index (χ4n) is 2.71. The summed E-state index contributed by atoms with van der Waals surface area (Å²) in [5.41, 5.74) is 0. The van der Waals surface area contributed by atoms with Gasteiger partial charge in [-0.15, -0.1) is 0 Å². The van der Waals surface area contributed by atoms with E-state index in [-0.39, 0.29) is 35.0 Å². The number of ketones is 1. The van der Waals surface area contributed by atoms with Gasteiger partial charge in [0, 0.05) is 18.7 Å². The Balaban J connectivity index is 1.87. The van der Waals surface area contributed by atoms with Crippen molar-refractivity contribution in [2.24, 2.45) is 0 Å². The fourth-order valence-corrected chi connectivity index (χ4v) is 3.20. The molecule has 0 aromatic heterocycles. The Morgan fingerprint density at radius 3 is 2.73 bits per heavy atom. The van der Waals surface area contributed by atoms with Crippen LogP contribution in [-0.2, 0) is 9.59 Å². The highest BCUT2D eigenvalue weighted by atomic mass is 79.9. The number of rotatable bonds is 6. The van der Waals surface area contributed by atoms with E-state index in [1.807, 2.05) is 0 Å². The summed E-state index contributed by atoms with van der Waals surface area (Å²) in [5.74, 6) is -1.19. The van der Waals surface area contributed by atoms with Crippen molar-refractivity contribution in [3.05, 3.63) is 29.0 Å². The number of amides is 2. The molecular weight excluding hydrogens is 435 g/mol. The number of nitrogens with zero attached hydrogens (tertiary/aromatic N) is 1. The van der Waals surface area contributed by atoms with Crippen LogP contribution < -0.4 is 10.1 Å². The lowest BCUT2D eigenvalue weighted by molar-refractivity contribution is -0.125. The average molecular weight is 452 g/mol. The second-order valence-corrected chi connectivity index (χ2v) is 6.72. The van der Waals surface area contributed by atoms with E-state index in [0.29, 0.717) is 12.8 Å². The zero-order valence-electron chi connectivity index (χ0n) is 13.6. The lowest BCUT2D eigenvalue weighted by atomic mass is 9.96. The summed E-state index contributed by atoms with van der Waals surface area (Å²) >= 11 is 8.61. The molecule has 7 nitrogen and oxygen atoms in total. The van der Waals surface area contributed by atoms with E-state index in [0.717, 1.165) is 11.0 Å². The van der Waals surface area contributed by atoms with Crippen molar-refractivity contribution in [2.75, 3.05) is 18.5 Å². The summed E-state index contributed by atoms with van der Waals surface area (Å²) in [7, 11) is 0. The first-order valence-electron chi connectivity index (χ1n) is 7.77. The van der Waals surface area contributed by atoms with Gasteiger partial charge >= 0.3 is 6.09 Å². The second-order valence-electron chi connectivity index (χ2n) is 5.76. The van der Waals surface area contributed by atoms with E-state index >= 15 is 0 Å². The zero-order valence-corrected chi connectivity index (χ0v) is 15.9. The van der Waals surface area contributed by atoms with E-state index in [9.17, 15) is 23.9 Å². The van der Waals surface area contributed by atoms with Gasteiger partial charge in [-0.1, -0.05) is 27.5 Å². The molecule has 1 aliphatic heterocycles. The van der Waals surface area contributed by atoms with Crippen molar-refractivity contribution in [3.8, 4) is 5.75 Å². The minimum atomic E-state index is -1.21. The molecule has 0 spiro atoms. The van der Waals surface area contributed by atoms with Gasteiger partial charge < -0.3 is 15.2 Å². The molecule has 10 heteroatoms. The Hall–Kier alpha value is -1.87. The second kappa shape index (κ2) is 9.18. The zero-order chi connectivity index (χ0) is 19.3. The van der Waals surface area contributed by atoms with Gasteiger partial charge in [-0.3, -0.25) is 14.5 Å². The lowest BCUT2D eigenvalue weighted by Crippen LogP contribution is -2.56. The molecule has 1 fully saturated rings. The number of carboxylic acid groups (broad SMARTS) is 1. The SMILES string of the molecule is O=C(COc1ccc(Cl)c(F)c1)N[C@H]1CC[C@H](C(=O)CBr)N(C(=O)O)C1. The third-order valence-electron chi connectivity index (χ3n) is 3.96. The van der Waals surface area contributed by atoms with Crippen molar-refractivity contribution in [1.82, 2.24) is 10.2 Å². The van der Waals surface area contributed by atoms with Crippen LogP contribution in [0.3, 0.4) is 0 Å². The molecule has 142 valence electrons. The maximum absolute atomic E-state index is 13.3. The van der Waals surface area contributed by atoms with Crippen LogP contribution >= 0.6 is 27.5 Å². The van der Waals surface area contributed by atoms with E-state index < -0.39 is 29.9 Å². The molecule has 1 heterocycles. The Morgan fingerprint density at radius 2 is 2.12 bits per heavy atom. The highest BCUT2D eigenvalue weighted by Crippen LogP contribution is 2.21. The molecule has 2 amide bonds.